The molecule has 0 saturated heterocycles. The average Bonchev–Trinajstić information content (AvgIpc) is 2.68. The number of hydrogen-bond acceptors (Lipinski definition) is 3. The van der Waals surface area contributed by atoms with Crippen LogP contribution >= 0.6 is 34.8 Å². The summed E-state index contributed by atoms with van der Waals surface area (Å²) in [6.07, 6.45) is 1.52. The minimum atomic E-state index is -0.423. The Bertz CT molecular complexity index is 1000. The summed E-state index contributed by atoms with van der Waals surface area (Å²) in [4.78, 5) is 12.1. The molecule has 3 aromatic carbocycles. The lowest BCUT2D eigenvalue weighted by molar-refractivity contribution is 0.0955. The fraction of sp³-hybridized carbons (Fsp3) is 0.0476. The van der Waals surface area contributed by atoms with Gasteiger partial charge in [0.1, 0.15) is 12.4 Å². The molecule has 0 fully saturated rings. The molecule has 0 aliphatic heterocycles. The third-order valence-corrected chi connectivity index (χ3v) is 4.53. The molecule has 0 aliphatic rings. The molecule has 7 heteroatoms. The molecule has 28 heavy (non-hydrogen) atoms. The van der Waals surface area contributed by atoms with E-state index in [9.17, 15) is 4.79 Å². The molecule has 0 aliphatic carbocycles. The number of amides is 1. The molecule has 0 heterocycles. The van der Waals surface area contributed by atoms with E-state index in [-0.39, 0.29) is 5.02 Å². The number of nitrogens with one attached hydrogen (secondary N) is 1. The van der Waals surface area contributed by atoms with E-state index in [0.29, 0.717) is 28.0 Å². The third-order valence-electron chi connectivity index (χ3n) is 3.73. The summed E-state index contributed by atoms with van der Waals surface area (Å²) in [5, 5.41) is 5.37. The number of ether oxygens (including phenoxy) is 1. The molecule has 0 spiro atoms. The van der Waals surface area contributed by atoms with Crippen molar-refractivity contribution in [3.8, 4) is 5.75 Å². The van der Waals surface area contributed by atoms with E-state index in [4.69, 9.17) is 39.5 Å². The van der Waals surface area contributed by atoms with Gasteiger partial charge in [0.25, 0.3) is 5.91 Å². The average molecular weight is 434 g/mol. The van der Waals surface area contributed by atoms with Crippen LogP contribution in [0.25, 0.3) is 0 Å². The van der Waals surface area contributed by atoms with Crippen molar-refractivity contribution >= 4 is 46.9 Å². The van der Waals surface area contributed by atoms with Gasteiger partial charge in [-0.1, -0.05) is 59.1 Å². The Morgan fingerprint density at radius 3 is 2.46 bits per heavy atom. The summed E-state index contributed by atoms with van der Waals surface area (Å²) in [5.74, 6) is 0.263. The van der Waals surface area contributed by atoms with Gasteiger partial charge in [0.05, 0.1) is 16.8 Å². The van der Waals surface area contributed by atoms with E-state index in [1.54, 1.807) is 12.1 Å². The molecule has 3 rings (SSSR count). The number of nitrogens with zero attached hydrogens (tertiary/aromatic N) is 1. The van der Waals surface area contributed by atoms with Crippen molar-refractivity contribution in [1.29, 1.82) is 0 Å². The van der Waals surface area contributed by atoms with Gasteiger partial charge in [-0.15, -0.1) is 0 Å². The lowest BCUT2D eigenvalue weighted by Crippen LogP contribution is -2.18. The van der Waals surface area contributed by atoms with Crippen LogP contribution in [0.3, 0.4) is 0 Å². The fourth-order valence-electron chi connectivity index (χ4n) is 2.33. The molecule has 0 atom stereocenters. The van der Waals surface area contributed by atoms with Gasteiger partial charge >= 0.3 is 0 Å². The van der Waals surface area contributed by atoms with Gasteiger partial charge < -0.3 is 4.74 Å². The summed E-state index contributed by atoms with van der Waals surface area (Å²) < 4.78 is 5.77. The van der Waals surface area contributed by atoms with Crippen LogP contribution in [-0.2, 0) is 6.61 Å². The smallest absolute Gasteiger partial charge is 0.272 e. The monoisotopic (exact) mass is 432 g/mol. The molecule has 1 amide bonds. The highest BCUT2D eigenvalue weighted by Gasteiger charge is 2.09. The van der Waals surface area contributed by atoms with Gasteiger partial charge in [-0.05, 0) is 53.6 Å². The Hall–Kier alpha value is -2.53. The number of benzene rings is 3. The van der Waals surface area contributed by atoms with Crippen molar-refractivity contribution in [2.45, 2.75) is 6.61 Å². The second-order valence-corrected chi connectivity index (χ2v) is 7.09. The molecule has 0 saturated carbocycles. The quantitative estimate of drug-likeness (QED) is 0.383. The third kappa shape index (κ3) is 5.73. The van der Waals surface area contributed by atoms with Gasteiger partial charge in [0.2, 0.25) is 0 Å². The first-order chi connectivity index (χ1) is 13.5. The molecule has 0 unspecified atom stereocenters. The number of hydrazone groups is 1. The maximum absolute atomic E-state index is 12.1. The summed E-state index contributed by atoms with van der Waals surface area (Å²) in [7, 11) is 0. The maximum atomic E-state index is 12.1. The predicted octanol–water partition coefficient (Wildman–Crippen LogP) is 5.99. The van der Waals surface area contributed by atoms with Crippen LogP contribution in [0.15, 0.2) is 71.8 Å². The van der Waals surface area contributed by atoms with Crippen LogP contribution < -0.4 is 10.2 Å². The first-order valence-corrected chi connectivity index (χ1v) is 9.40. The van der Waals surface area contributed by atoms with Gasteiger partial charge in [-0.3, -0.25) is 4.79 Å². The van der Waals surface area contributed by atoms with E-state index in [1.807, 2.05) is 48.5 Å². The first-order valence-electron chi connectivity index (χ1n) is 8.27. The molecule has 0 radical (unpaired) electrons. The molecular weight excluding hydrogens is 419 g/mol. The first kappa shape index (κ1) is 20.2. The van der Waals surface area contributed by atoms with Crippen molar-refractivity contribution in [1.82, 2.24) is 5.43 Å². The largest absolute Gasteiger partial charge is 0.489 e. The zero-order valence-corrected chi connectivity index (χ0v) is 16.8. The molecular formula is C21H15Cl3N2O2. The van der Waals surface area contributed by atoms with Crippen LogP contribution in [0.1, 0.15) is 21.5 Å². The van der Waals surface area contributed by atoms with E-state index >= 15 is 0 Å². The Labute approximate surface area is 177 Å². The SMILES string of the molecule is O=C(N/N=C\c1cccc(OCc2ccc(Cl)cc2)c1)c1ccc(Cl)cc1Cl. The highest BCUT2D eigenvalue weighted by molar-refractivity contribution is 6.36. The van der Waals surface area contributed by atoms with Gasteiger partial charge in [0, 0.05) is 10.0 Å². The van der Waals surface area contributed by atoms with Crippen LogP contribution in [0.2, 0.25) is 15.1 Å². The molecule has 4 nitrogen and oxygen atoms in total. The van der Waals surface area contributed by atoms with Crippen LogP contribution in [0, 0.1) is 0 Å². The maximum Gasteiger partial charge on any atom is 0.272 e. The number of hydrogen-bond donors (Lipinski definition) is 1. The summed E-state index contributed by atoms with van der Waals surface area (Å²) in [6.45, 7) is 0.420. The lowest BCUT2D eigenvalue weighted by atomic mass is 10.2. The zero-order valence-electron chi connectivity index (χ0n) is 14.5. The van der Waals surface area contributed by atoms with E-state index < -0.39 is 5.91 Å². The van der Waals surface area contributed by atoms with Crippen LogP contribution in [0.5, 0.6) is 5.75 Å². The minimum Gasteiger partial charge on any atom is -0.489 e. The fourth-order valence-corrected chi connectivity index (χ4v) is 2.95. The Morgan fingerprint density at radius 1 is 0.964 bits per heavy atom. The number of halogens is 3. The minimum absolute atomic E-state index is 0.262. The van der Waals surface area contributed by atoms with Crippen molar-refractivity contribution in [2.75, 3.05) is 0 Å². The Morgan fingerprint density at radius 2 is 1.71 bits per heavy atom. The zero-order chi connectivity index (χ0) is 19.9. The van der Waals surface area contributed by atoms with Crippen molar-refractivity contribution in [2.24, 2.45) is 5.10 Å². The highest BCUT2D eigenvalue weighted by Crippen LogP contribution is 2.21. The molecule has 142 valence electrons. The van der Waals surface area contributed by atoms with Gasteiger partial charge in [0.15, 0.2) is 0 Å². The standard InChI is InChI=1S/C21H15Cl3N2O2/c22-16-6-4-14(5-7-16)13-28-18-3-1-2-15(10-18)12-25-26-21(27)19-9-8-17(23)11-20(19)24/h1-12H,13H2,(H,26,27)/b25-12-. The summed E-state index contributed by atoms with van der Waals surface area (Å²) in [6, 6.07) is 19.4. The molecule has 3 aromatic rings. The molecule has 1 N–H and O–H groups in total. The van der Waals surface area contributed by atoms with Crippen molar-refractivity contribution < 1.29 is 9.53 Å². The summed E-state index contributed by atoms with van der Waals surface area (Å²) in [5.41, 5.74) is 4.52. The second-order valence-electron chi connectivity index (χ2n) is 5.81. The molecule has 0 bridgehead atoms. The summed E-state index contributed by atoms with van der Waals surface area (Å²) >= 11 is 17.7. The Kier molecular flexibility index (Phi) is 6.93. The highest BCUT2D eigenvalue weighted by atomic mass is 35.5. The normalized spacial score (nSPS) is 10.8. The van der Waals surface area contributed by atoms with Crippen LogP contribution in [-0.4, -0.2) is 12.1 Å². The van der Waals surface area contributed by atoms with E-state index in [1.165, 1.54) is 12.3 Å². The van der Waals surface area contributed by atoms with E-state index in [2.05, 4.69) is 10.5 Å². The topological polar surface area (TPSA) is 50.7 Å². The van der Waals surface area contributed by atoms with Gasteiger partial charge in [-0.2, -0.15) is 5.10 Å². The number of carbonyl (C=O) groups is 1. The number of carbonyl (C=O) groups excluding carboxylic acids is 1. The van der Waals surface area contributed by atoms with E-state index in [0.717, 1.165) is 11.1 Å². The van der Waals surface area contributed by atoms with Crippen molar-refractivity contribution in [3.05, 3.63) is 98.5 Å². The lowest BCUT2D eigenvalue weighted by Gasteiger charge is -2.07. The number of rotatable bonds is 6. The van der Waals surface area contributed by atoms with Gasteiger partial charge in [-0.25, -0.2) is 5.43 Å². The predicted molar refractivity (Wildman–Crippen MR) is 114 cm³/mol. The second kappa shape index (κ2) is 9.60. The Balaban J connectivity index is 1.59. The molecule has 0 aromatic heterocycles. The van der Waals surface area contributed by atoms with Crippen LogP contribution in [0.4, 0.5) is 0 Å². The van der Waals surface area contributed by atoms with Crippen molar-refractivity contribution in [3.63, 3.8) is 0 Å².